The summed E-state index contributed by atoms with van der Waals surface area (Å²) in [4.78, 5) is 2.55. The molecule has 62 valence electrons. The lowest BCUT2D eigenvalue weighted by molar-refractivity contribution is 0.430. The molecule has 1 nitrogen and oxygen atoms in total. The van der Waals surface area contributed by atoms with Gasteiger partial charge in [0.15, 0.2) is 0 Å². The Kier molecular flexibility index (Phi) is 2.12. The van der Waals surface area contributed by atoms with Crippen molar-refractivity contribution in [1.29, 1.82) is 0 Å². The number of hydrogen-bond donors (Lipinski definition) is 0. The topological polar surface area (TPSA) is 3.24 Å². The first-order chi connectivity index (χ1) is 5.36. The highest BCUT2D eigenvalue weighted by molar-refractivity contribution is 8.00. The predicted octanol–water partition coefficient (Wildman–Crippen LogP) is 2.10. The molecule has 1 saturated heterocycles. The van der Waals surface area contributed by atoms with Crippen molar-refractivity contribution in [2.24, 2.45) is 0 Å². The molecule has 2 heterocycles. The standard InChI is InChI=1S/C9H15NS/c1-8-6-9(7-11-8)10-4-2-3-5-10/h6,8H,2-5,7H2,1H3. The first-order valence-corrected chi connectivity index (χ1v) is 5.48. The highest BCUT2D eigenvalue weighted by Crippen LogP contribution is 2.28. The molecule has 0 spiro atoms. The summed E-state index contributed by atoms with van der Waals surface area (Å²) in [5.74, 6) is 1.25. The molecular formula is C9H15NS. The van der Waals surface area contributed by atoms with Gasteiger partial charge in [0.2, 0.25) is 0 Å². The van der Waals surface area contributed by atoms with E-state index in [1.165, 1.54) is 31.7 Å². The molecule has 1 unspecified atom stereocenters. The Labute approximate surface area is 72.8 Å². The molecule has 2 heteroatoms. The van der Waals surface area contributed by atoms with Crippen LogP contribution in [0, 0.1) is 0 Å². The summed E-state index contributed by atoms with van der Waals surface area (Å²) in [6.45, 7) is 4.89. The maximum absolute atomic E-state index is 2.55. The van der Waals surface area contributed by atoms with Crippen molar-refractivity contribution in [1.82, 2.24) is 4.90 Å². The van der Waals surface area contributed by atoms with Crippen molar-refractivity contribution in [2.75, 3.05) is 18.8 Å². The van der Waals surface area contributed by atoms with Crippen molar-refractivity contribution >= 4 is 11.8 Å². The van der Waals surface area contributed by atoms with Crippen LogP contribution in [0.4, 0.5) is 0 Å². The van der Waals surface area contributed by atoms with Crippen LogP contribution in [0.1, 0.15) is 19.8 Å². The van der Waals surface area contributed by atoms with Gasteiger partial charge in [0.05, 0.1) is 0 Å². The van der Waals surface area contributed by atoms with Gasteiger partial charge in [0.1, 0.15) is 0 Å². The molecule has 0 aliphatic carbocycles. The summed E-state index contributed by atoms with van der Waals surface area (Å²) >= 11 is 2.06. The third-order valence-corrected chi connectivity index (χ3v) is 3.56. The Bertz CT molecular complexity index is 170. The molecule has 11 heavy (non-hydrogen) atoms. The first kappa shape index (κ1) is 7.53. The van der Waals surface area contributed by atoms with Gasteiger partial charge >= 0.3 is 0 Å². The number of likely N-dealkylation sites (tertiary alicyclic amines) is 1. The normalized spacial score (nSPS) is 31.2. The summed E-state index contributed by atoms with van der Waals surface area (Å²) in [6, 6.07) is 0. The van der Waals surface area contributed by atoms with Gasteiger partial charge in [-0.3, -0.25) is 0 Å². The fraction of sp³-hybridized carbons (Fsp3) is 0.778. The molecule has 2 aliphatic heterocycles. The zero-order valence-corrected chi connectivity index (χ0v) is 7.86. The van der Waals surface area contributed by atoms with Crippen molar-refractivity contribution < 1.29 is 0 Å². The minimum Gasteiger partial charge on any atom is -0.374 e. The van der Waals surface area contributed by atoms with E-state index in [0.717, 1.165) is 5.25 Å². The van der Waals surface area contributed by atoms with Crippen LogP contribution in [0.2, 0.25) is 0 Å². The zero-order valence-electron chi connectivity index (χ0n) is 7.05. The van der Waals surface area contributed by atoms with E-state index in [1.54, 1.807) is 5.70 Å². The van der Waals surface area contributed by atoms with Gasteiger partial charge in [0, 0.05) is 29.8 Å². The SMILES string of the molecule is CC1C=C(N2CCCC2)CS1. The lowest BCUT2D eigenvalue weighted by Crippen LogP contribution is -2.18. The third kappa shape index (κ3) is 1.56. The van der Waals surface area contributed by atoms with Crippen LogP contribution in [-0.4, -0.2) is 29.0 Å². The molecule has 0 aromatic rings. The second kappa shape index (κ2) is 3.10. The monoisotopic (exact) mass is 169 g/mol. The molecule has 0 radical (unpaired) electrons. The van der Waals surface area contributed by atoms with Crippen molar-refractivity contribution in [3.05, 3.63) is 11.8 Å². The molecule has 1 atom stereocenters. The zero-order chi connectivity index (χ0) is 7.68. The quantitative estimate of drug-likeness (QED) is 0.591. The average molecular weight is 169 g/mol. The van der Waals surface area contributed by atoms with Crippen LogP contribution in [0.25, 0.3) is 0 Å². The van der Waals surface area contributed by atoms with E-state index in [0.29, 0.717) is 0 Å². The number of hydrogen-bond acceptors (Lipinski definition) is 2. The maximum atomic E-state index is 2.55. The Morgan fingerprint density at radius 1 is 1.45 bits per heavy atom. The summed E-state index contributed by atoms with van der Waals surface area (Å²) in [5.41, 5.74) is 1.60. The fourth-order valence-corrected chi connectivity index (χ4v) is 2.75. The Balaban J connectivity index is 1.98. The second-order valence-electron chi connectivity index (χ2n) is 3.37. The van der Waals surface area contributed by atoms with Crippen molar-refractivity contribution in [3.63, 3.8) is 0 Å². The Morgan fingerprint density at radius 2 is 2.18 bits per heavy atom. The van der Waals surface area contributed by atoms with Gasteiger partial charge in [-0.2, -0.15) is 0 Å². The van der Waals surface area contributed by atoms with Gasteiger partial charge in [-0.1, -0.05) is 6.08 Å². The fourth-order valence-electron chi connectivity index (χ4n) is 1.79. The van der Waals surface area contributed by atoms with Crippen LogP contribution >= 0.6 is 11.8 Å². The molecule has 2 rings (SSSR count). The molecule has 0 aromatic carbocycles. The van der Waals surface area contributed by atoms with E-state index >= 15 is 0 Å². The van der Waals surface area contributed by atoms with Crippen molar-refractivity contribution in [3.8, 4) is 0 Å². The molecule has 0 saturated carbocycles. The van der Waals surface area contributed by atoms with Gasteiger partial charge in [-0.05, 0) is 19.8 Å². The Morgan fingerprint density at radius 3 is 2.73 bits per heavy atom. The average Bonchev–Trinajstić information content (AvgIpc) is 2.55. The van der Waals surface area contributed by atoms with Crippen LogP contribution in [0.5, 0.6) is 0 Å². The second-order valence-corrected chi connectivity index (χ2v) is 4.73. The molecule has 0 aromatic heterocycles. The van der Waals surface area contributed by atoms with E-state index in [1.807, 2.05) is 0 Å². The van der Waals surface area contributed by atoms with Crippen LogP contribution in [-0.2, 0) is 0 Å². The molecule has 0 bridgehead atoms. The molecular weight excluding hydrogens is 154 g/mol. The van der Waals surface area contributed by atoms with E-state index in [2.05, 4.69) is 29.7 Å². The minimum atomic E-state index is 0.755. The van der Waals surface area contributed by atoms with E-state index in [9.17, 15) is 0 Å². The maximum Gasteiger partial charge on any atom is 0.0337 e. The Hall–Kier alpha value is -0.110. The first-order valence-electron chi connectivity index (χ1n) is 4.43. The molecule has 0 amide bonds. The summed E-state index contributed by atoms with van der Waals surface area (Å²) < 4.78 is 0. The lowest BCUT2D eigenvalue weighted by Gasteiger charge is -2.17. The molecule has 0 N–H and O–H groups in total. The molecule has 2 aliphatic rings. The van der Waals surface area contributed by atoms with Gasteiger partial charge < -0.3 is 4.90 Å². The van der Waals surface area contributed by atoms with Crippen molar-refractivity contribution in [2.45, 2.75) is 25.0 Å². The van der Waals surface area contributed by atoms with Crippen LogP contribution < -0.4 is 0 Å². The van der Waals surface area contributed by atoms with Crippen LogP contribution in [0.15, 0.2) is 11.8 Å². The number of nitrogens with zero attached hydrogens (tertiary/aromatic N) is 1. The lowest BCUT2D eigenvalue weighted by atomic mass is 10.3. The summed E-state index contributed by atoms with van der Waals surface area (Å²) in [7, 11) is 0. The summed E-state index contributed by atoms with van der Waals surface area (Å²) in [6.07, 6.45) is 5.22. The third-order valence-electron chi connectivity index (χ3n) is 2.43. The van der Waals surface area contributed by atoms with Gasteiger partial charge in [-0.15, -0.1) is 11.8 Å². The van der Waals surface area contributed by atoms with E-state index in [-0.39, 0.29) is 0 Å². The summed E-state index contributed by atoms with van der Waals surface area (Å²) in [5, 5.41) is 0.755. The predicted molar refractivity (Wildman–Crippen MR) is 50.8 cm³/mol. The van der Waals surface area contributed by atoms with E-state index < -0.39 is 0 Å². The largest absolute Gasteiger partial charge is 0.374 e. The van der Waals surface area contributed by atoms with Gasteiger partial charge in [-0.25, -0.2) is 0 Å². The van der Waals surface area contributed by atoms with Gasteiger partial charge in [0.25, 0.3) is 0 Å². The minimum absolute atomic E-state index is 0.755. The smallest absolute Gasteiger partial charge is 0.0337 e. The van der Waals surface area contributed by atoms with Crippen LogP contribution in [0.3, 0.4) is 0 Å². The highest BCUT2D eigenvalue weighted by Gasteiger charge is 2.19. The molecule has 1 fully saturated rings. The highest BCUT2D eigenvalue weighted by atomic mass is 32.2. The van der Waals surface area contributed by atoms with E-state index in [4.69, 9.17) is 0 Å². The number of rotatable bonds is 1. The number of thioether (sulfide) groups is 1.